The minimum Gasteiger partial charge on any atom is -0.484 e. The largest absolute Gasteiger partial charge is 0.484 e. The number of nitrogens with zero attached hydrogens (tertiary/aromatic N) is 3. The molecule has 0 spiro atoms. The Morgan fingerprint density at radius 1 is 1.24 bits per heavy atom. The highest BCUT2D eigenvalue weighted by Crippen LogP contribution is 2.22. The van der Waals surface area contributed by atoms with E-state index in [2.05, 4.69) is 4.98 Å². The molecule has 25 heavy (non-hydrogen) atoms. The van der Waals surface area contributed by atoms with Gasteiger partial charge in [-0.2, -0.15) is 0 Å². The molecule has 0 atom stereocenters. The van der Waals surface area contributed by atoms with Gasteiger partial charge in [0.1, 0.15) is 10.8 Å². The molecular weight excluding hydrogens is 342 g/mol. The van der Waals surface area contributed by atoms with Gasteiger partial charge >= 0.3 is 0 Å². The molecule has 1 heterocycles. The molecular formula is C17H15N3O4S. The van der Waals surface area contributed by atoms with Crippen LogP contribution in [0.15, 0.2) is 48.5 Å². The highest BCUT2D eigenvalue weighted by Gasteiger charge is 2.13. The summed E-state index contributed by atoms with van der Waals surface area (Å²) in [4.78, 5) is 28.3. The van der Waals surface area contributed by atoms with Crippen molar-refractivity contribution in [3.63, 3.8) is 0 Å². The average molecular weight is 357 g/mol. The van der Waals surface area contributed by atoms with Crippen LogP contribution < -0.4 is 4.74 Å². The lowest BCUT2D eigenvalue weighted by atomic mass is 10.3. The predicted molar refractivity (Wildman–Crippen MR) is 94.7 cm³/mol. The summed E-state index contributed by atoms with van der Waals surface area (Å²) in [6, 6.07) is 13.4. The fourth-order valence-electron chi connectivity index (χ4n) is 2.20. The lowest BCUT2D eigenvalue weighted by molar-refractivity contribution is -0.384. The normalized spacial score (nSPS) is 10.6. The van der Waals surface area contributed by atoms with Gasteiger partial charge in [-0.3, -0.25) is 14.9 Å². The summed E-state index contributed by atoms with van der Waals surface area (Å²) in [6.45, 7) is 0.265. The summed E-state index contributed by atoms with van der Waals surface area (Å²) in [6.07, 6.45) is 0. The number of nitro benzene ring substituents is 1. The zero-order valence-corrected chi connectivity index (χ0v) is 14.2. The Morgan fingerprint density at radius 3 is 2.64 bits per heavy atom. The first-order chi connectivity index (χ1) is 12.0. The maximum absolute atomic E-state index is 12.2. The van der Waals surface area contributed by atoms with Gasteiger partial charge in [0.2, 0.25) is 0 Å². The van der Waals surface area contributed by atoms with E-state index in [0.717, 1.165) is 15.2 Å². The van der Waals surface area contributed by atoms with Crippen molar-refractivity contribution in [2.75, 3.05) is 13.7 Å². The first kappa shape index (κ1) is 16.8. The van der Waals surface area contributed by atoms with Gasteiger partial charge in [0.05, 0.1) is 21.7 Å². The summed E-state index contributed by atoms with van der Waals surface area (Å²) in [5, 5.41) is 11.5. The molecule has 0 saturated heterocycles. The molecule has 1 aromatic heterocycles. The number of ether oxygens (including phenoxy) is 1. The van der Waals surface area contributed by atoms with E-state index in [4.69, 9.17) is 4.74 Å². The number of thiazole rings is 1. The Bertz CT molecular complexity index is 875. The number of benzene rings is 2. The molecule has 2 aromatic carbocycles. The molecule has 8 heteroatoms. The highest BCUT2D eigenvalue weighted by atomic mass is 32.1. The van der Waals surface area contributed by atoms with Gasteiger partial charge in [0, 0.05) is 19.2 Å². The van der Waals surface area contributed by atoms with Gasteiger partial charge in [-0.15, -0.1) is 11.3 Å². The molecule has 0 saturated carbocycles. The molecule has 0 N–H and O–H groups in total. The van der Waals surface area contributed by atoms with Crippen molar-refractivity contribution in [3.05, 3.63) is 63.7 Å². The van der Waals surface area contributed by atoms with Crippen LogP contribution in [-0.4, -0.2) is 34.4 Å². The van der Waals surface area contributed by atoms with Crippen molar-refractivity contribution in [2.45, 2.75) is 6.54 Å². The number of rotatable bonds is 6. The second kappa shape index (κ2) is 7.27. The van der Waals surface area contributed by atoms with Crippen molar-refractivity contribution >= 4 is 33.1 Å². The number of carbonyl (C=O) groups is 1. The van der Waals surface area contributed by atoms with E-state index in [1.165, 1.54) is 24.3 Å². The Balaban J connectivity index is 1.56. The van der Waals surface area contributed by atoms with E-state index in [1.54, 1.807) is 23.3 Å². The molecule has 128 valence electrons. The highest BCUT2D eigenvalue weighted by molar-refractivity contribution is 7.18. The van der Waals surface area contributed by atoms with E-state index in [9.17, 15) is 14.9 Å². The van der Waals surface area contributed by atoms with Crippen molar-refractivity contribution in [1.29, 1.82) is 0 Å². The minimum absolute atomic E-state index is 0.0216. The summed E-state index contributed by atoms with van der Waals surface area (Å²) in [5.41, 5.74) is 0.900. The molecule has 7 nitrogen and oxygen atoms in total. The number of aromatic nitrogens is 1. The fourth-order valence-corrected chi connectivity index (χ4v) is 3.22. The van der Waals surface area contributed by atoms with E-state index < -0.39 is 4.92 Å². The Hall–Kier alpha value is -3.00. The maximum Gasteiger partial charge on any atom is 0.269 e. The molecule has 1 amide bonds. The number of hydrogen-bond donors (Lipinski definition) is 0. The van der Waals surface area contributed by atoms with Crippen LogP contribution in [0, 0.1) is 10.1 Å². The van der Waals surface area contributed by atoms with Gasteiger partial charge in [0.15, 0.2) is 6.61 Å². The first-order valence-electron chi connectivity index (χ1n) is 7.48. The standard InChI is InChI=1S/C17H15N3O4S/c1-19(10-16-18-14-4-2-3-5-15(14)25-16)17(21)11-24-13-8-6-12(7-9-13)20(22)23/h2-9H,10-11H2,1H3. The third kappa shape index (κ3) is 4.10. The third-order valence-corrected chi connectivity index (χ3v) is 4.57. The third-order valence-electron chi connectivity index (χ3n) is 3.55. The minimum atomic E-state index is -0.485. The van der Waals surface area contributed by atoms with Crippen molar-refractivity contribution in [1.82, 2.24) is 9.88 Å². The van der Waals surface area contributed by atoms with Crippen LogP contribution in [-0.2, 0) is 11.3 Å². The second-order valence-corrected chi connectivity index (χ2v) is 6.48. The van der Waals surface area contributed by atoms with Crippen molar-refractivity contribution in [3.8, 4) is 5.75 Å². The number of amides is 1. The number of para-hydroxylation sites is 1. The molecule has 0 radical (unpaired) electrons. The summed E-state index contributed by atoms with van der Waals surface area (Å²) >= 11 is 1.55. The molecule has 3 rings (SSSR count). The Kier molecular flexibility index (Phi) is 4.90. The Labute approximate surface area is 147 Å². The SMILES string of the molecule is CN(Cc1nc2ccccc2s1)C(=O)COc1ccc([N+](=O)[O-])cc1. The molecule has 0 fully saturated rings. The summed E-state index contributed by atoms with van der Waals surface area (Å²) in [5.74, 6) is 0.213. The van der Waals surface area contributed by atoms with E-state index in [1.807, 2.05) is 24.3 Å². The van der Waals surface area contributed by atoms with Crippen molar-refractivity contribution < 1.29 is 14.5 Å². The number of hydrogen-bond acceptors (Lipinski definition) is 6. The molecule has 0 unspecified atom stereocenters. The fraction of sp³-hybridized carbons (Fsp3) is 0.176. The number of fused-ring (bicyclic) bond motifs is 1. The summed E-state index contributed by atoms with van der Waals surface area (Å²) in [7, 11) is 1.69. The lowest BCUT2D eigenvalue weighted by Gasteiger charge is -2.16. The Morgan fingerprint density at radius 2 is 1.96 bits per heavy atom. The second-order valence-electron chi connectivity index (χ2n) is 5.36. The van der Waals surface area contributed by atoms with Crippen LogP contribution in [0.25, 0.3) is 10.2 Å². The topological polar surface area (TPSA) is 85.6 Å². The maximum atomic E-state index is 12.2. The number of likely N-dealkylation sites (N-methyl/N-ethyl adjacent to an activating group) is 1. The van der Waals surface area contributed by atoms with E-state index in [0.29, 0.717) is 12.3 Å². The van der Waals surface area contributed by atoms with Crippen LogP contribution in [0.2, 0.25) is 0 Å². The van der Waals surface area contributed by atoms with Gasteiger partial charge in [0.25, 0.3) is 11.6 Å². The zero-order chi connectivity index (χ0) is 17.8. The van der Waals surface area contributed by atoms with Crippen LogP contribution >= 0.6 is 11.3 Å². The molecule has 0 aliphatic rings. The first-order valence-corrected chi connectivity index (χ1v) is 8.30. The van der Waals surface area contributed by atoms with Crippen molar-refractivity contribution in [2.24, 2.45) is 0 Å². The zero-order valence-electron chi connectivity index (χ0n) is 13.4. The predicted octanol–water partition coefficient (Wildman–Crippen LogP) is 3.24. The lowest BCUT2D eigenvalue weighted by Crippen LogP contribution is -2.30. The van der Waals surface area contributed by atoms with Gasteiger partial charge in [-0.25, -0.2) is 4.98 Å². The summed E-state index contributed by atoms with van der Waals surface area (Å²) < 4.78 is 6.47. The number of carbonyl (C=O) groups excluding carboxylic acids is 1. The smallest absolute Gasteiger partial charge is 0.269 e. The van der Waals surface area contributed by atoms with Gasteiger partial charge in [-0.05, 0) is 24.3 Å². The monoisotopic (exact) mass is 357 g/mol. The molecule has 0 aliphatic carbocycles. The molecule has 0 bridgehead atoms. The van der Waals surface area contributed by atoms with Crippen LogP contribution in [0.5, 0.6) is 5.75 Å². The average Bonchev–Trinajstić information content (AvgIpc) is 3.02. The van der Waals surface area contributed by atoms with Gasteiger partial charge in [-0.1, -0.05) is 12.1 Å². The van der Waals surface area contributed by atoms with Crippen LogP contribution in [0.4, 0.5) is 5.69 Å². The molecule has 3 aromatic rings. The van der Waals surface area contributed by atoms with Crippen LogP contribution in [0.3, 0.4) is 0 Å². The van der Waals surface area contributed by atoms with E-state index in [-0.39, 0.29) is 18.2 Å². The number of nitro groups is 1. The van der Waals surface area contributed by atoms with Gasteiger partial charge < -0.3 is 9.64 Å². The van der Waals surface area contributed by atoms with Crippen LogP contribution in [0.1, 0.15) is 5.01 Å². The van der Waals surface area contributed by atoms with E-state index >= 15 is 0 Å². The molecule has 0 aliphatic heterocycles. The number of non-ortho nitro benzene ring substituents is 1. The quantitative estimate of drug-likeness (QED) is 0.499.